The van der Waals surface area contributed by atoms with Crippen LogP contribution in [0.15, 0.2) is 18.2 Å². The highest BCUT2D eigenvalue weighted by atomic mass is 16.3. The third-order valence-corrected chi connectivity index (χ3v) is 3.43. The predicted octanol–water partition coefficient (Wildman–Crippen LogP) is 2.17. The zero-order chi connectivity index (χ0) is 14.6. The SMILES string of the molecule is CCN(CC(=O)N(C)C)C(C)c1ccc(C)cc1O. The number of nitrogens with zero attached hydrogens (tertiary/aromatic N) is 2. The summed E-state index contributed by atoms with van der Waals surface area (Å²) in [5, 5.41) is 10.0. The molecule has 4 nitrogen and oxygen atoms in total. The van der Waals surface area contributed by atoms with Gasteiger partial charge >= 0.3 is 0 Å². The molecule has 0 aliphatic carbocycles. The van der Waals surface area contributed by atoms with Gasteiger partial charge in [-0.1, -0.05) is 19.1 Å². The number of phenols is 1. The number of aryl methyl sites for hydroxylation is 1. The lowest BCUT2D eigenvalue weighted by Gasteiger charge is -2.29. The summed E-state index contributed by atoms with van der Waals surface area (Å²) in [6, 6.07) is 5.67. The van der Waals surface area contributed by atoms with E-state index < -0.39 is 0 Å². The maximum atomic E-state index is 11.8. The predicted molar refractivity (Wildman–Crippen MR) is 77.2 cm³/mol. The van der Waals surface area contributed by atoms with Crippen molar-refractivity contribution in [1.29, 1.82) is 0 Å². The van der Waals surface area contributed by atoms with Crippen molar-refractivity contribution in [2.24, 2.45) is 0 Å². The van der Waals surface area contributed by atoms with Gasteiger partial charge in [-0.2, -0.15) is 0 Å². The lowest BCUT2D eigenvalue weighted by Crippen LogP contribution is -2.38. The van der Waals surface area contributed by atoms with Crippen LogP contribution in [0.2, 0.25) is 0 Å². The van der Waals surface area contributed by atoms with Crippen molar-refractivity contribution >= 4 is 5.91 Å². The second-order valence-corrected chi connectivity index (χ2v) is 5.09. The van der Waals surface area contributed by atoms with Gasteiger partial charge in [0.1, 0.15) is 5.75 Å². The third-order valence-electron chi connectivity index (χ3n) is 3.43. The molecular weight excluding hydrogens is 240 g/mol. The van der Waals surface area contributed by atoms with Crippen molar-refractivity contribution in [3.8, 4) is 5.75 Å². The summed E-state index contributed by atoms with van der Waals surface area (Å²) in [5.41, 5.74) is 1.89. The highest BCUT2D eigenvalue weighted by Gasteiger charge is 2.20. The smallest absolute Gasteiger partial charge is 0.236 e. The molecule has 1 N–H and O–H groups in total. The quantitative estimate of drug-likeness (QED) is 0.886. The zero-order valence-electron chi connectivity index (χ0n) is 12.5. The largest absolute Gasteiger partial charge is 0.508 e. The fourth-order valence-corrected chi connectivity index (χ4v) is 2.04. The normalized spacial score (nSPS) is 12.5. The van der Waals surface area contributed by atoms with Gasteiger partial charge in [0.25, 0.3) is 0 Å². The van der Waals surface area contributed by atoms with E-state index in [-0.39, 0.29) is 11.9 Å². The van der Waals surface area contributed by atoms with E-state index in [9.17, 15) is 9.90 Å². The van der Waals surface area contributed by atoms with Crippen molar-refractivity contribution in [3.63, 3.8) is 0 Å². The van der Waals surface area contributed by atoms with E-state index in [1.54, 1.807) is 25.1 Å². The molecule has 1 rings (SSSR count). The molecule has 0 spiro atoms. The van der Waals surface area contributed by atoms with E-state index in [0.717, 1.165) is 17.7 Å². The van der Waals surface area contributed by atoms with Gasteiger partial charge < -0.3 is 10.0 Å². The minimum atomic E-state index is 0.00880. The summed E-state index contributed by atoms with van der Waals surface area (Å²) in [4.78, 5) is 15.4. The number of amides is 1. The molecule has 0 bridgehead atoms. The van der Waals surface area contributed by atoms with Crippen LogP contribution < -0.4 is 0 Å². The number of hydrogen-bond donors (Lipinski definition) is 1. The number of phenolic OH excluding ortho intramolecular Hbond substituents is 1. The number of carbonyl (C=O) groups is 1. The van der Waals surface area contributed by atoms with E-state index in [2.05, 4.69) is 0 Å². The molecule has 1 aromatic rings. The topological polar surface area (TPSA) is 43.8 Å². The molecule has 0 saturated carbocycles. The van der Waals surface area contributed by atoms with Crippen molar-refractivity contribution < 1.29 is 9.90 Å². The maximum Gasteiger partial charge on any atom is 0.236 e. The zero-order valence-corrected chi connectivity index (χ0v) is 12.5. The van der Waals surface area contributed by atoms with Crippen LogP contribution in [0.1, 0.15) is 31.0 Å². The van der Waals surface area contributed by atoms with Crippen LogP contribution in [0.4, 0.5) is 0 Å². The number of carbonyl (C=O) groups excluding carboxylic acids is 1. The molecule has 19 heavy (non-hydrogen) atoms. The Hall–Kier alpha value is -1.55. The molecule has 1 amide bonds. The highest BCUT2D eigenvalue weighted by molar-refractivity contribution is 5.77. The lowest BCUT2D eigenvalue weighted by molar-refractivity contribution is -0.130. The maximum absolute atomic E-state index is 11.8. The van der Waals surface area contributed by atoms with Gasteiger partial charge in [-0.15, -0.1) is 0 Å². The Labute approximate surface area is 115 Å². The molecule has 0 aromatic heterocycles. The second kappa shape index (κ2) is 6.57. The molecule has 0 aliphatic rings. The first-order valence-electron chi connectivity index (χ1n) is 6.60. The lowest BCUT2D eigenvalue weighted by atomic mass is 10.0. The van der Waals surface area contributed by atoms with Crippen molar-refractivity contribution in [3.05, 3.63) is 29.3 Å². The summed E-state index contributed by atoms with van der Waals surface area (Å²) in [7, 11) is 3.51. The molecule has 4 heteroatoms. The molecule has 1 aromatic carbocycles. The van der Waals surface area contributed by atoms with Gasteiger partial charge in [0.2, 0.25) is 5.91 Å². The first kappa shape index (κ1) is 15.5. The minimum Gasteiger partial charge on any atom is -0.508 e. The van der Waals surface area contributed by atoms with Crippen LogP contribution in [-0.4, -0.2) is 48.0 Å². The van der Waals surface area contributed by atoms with Gasteiger partial charge in [0, 0.05) is 25.7 Å². The van der Waals surface area contributed by atoms with Crippen LogP contribution in [0, 0.1) is 6.92 Å². The Kier molecular flexibility index (Phi) is 5.36. The highest BCUT2D eigenvalue weighted by Crippen LogP contribution is 2.28. The Balaban J connectivity index is 2.89. The number of aromatic hydroxyl groups is 1. The fraction of sp³-hybridized carbons (Fsp3) is 0.533. The van der Waals surface area contributed by atoms with E-state index in [0.29, 0.717) is 12.3 Å². The first-order valence-corrected chi connectivity index (χ1v) is 6.60. The van der Waals surface area contributed by atoms with E-state index in [4.69, 9.17) is 0 Å². The summed E-state index contributed by atoms with van der Waals surface area (Å²) in [6.07, 6.45) is 0. The minimum absolute atomic E-state index is 0.00880. The van der Waals surface area contributed by atoms with E-state index >= 15 is 0 Å². The summed E-state index contributed by atoms with van der Waals surface area (Å²) >= 11 is 0. The number of benzene rings is 1. The molecule has 106 valence electrons. The molecular formula is C15H24N2O2. The fourth-order valence-electron chi connectivity index (χ4n) is 2.04. The van der Waals surface area contributed by atoms with Gasteiger partial charge in [-0.3, -0.25) is 9.69 Å². The van der Waals surface area contributed by atoms with Crippen LogP contribution in [0.3, 0.4) is 0 Å². The van der Waals surface area contributed by atoms with Crippen LogP contribution in [0.25, 0.3) is 0 Å². The summed E-state index contributed by atoms with van der Waals surface area (Å²) < 4.78 is 0. The molecule has 0 fully saturated rings. The van der Waals surface area contributed by atoms with Crippen molar-refractivity contribution in [2.75, 3.05) is 27.2 Å². The van der Waals surface area contributed by atoms with Gasteiger partial charge in [0.15, 0.2) is 0 Å². The van der Waals surface area contributed by atoms with Crippen LogP contribution in [-0.2, 0) is 4.79 Å². The first-order chi connectivity index (χ1) is 8.86. The summed E-state index contributed by atoms with van der Waals surface area (Å²) in [6.45, 7) is 7.09. The van der Waals surface area contributed by atoms with Gasteiger partial charge in [0.05, 0.1) is 6.54 Å². The third kappa shape index (κ3) is 3.96. The van der Waals surface area contributed by atoms with E-state index in [1.165, 1.54) is 0 Å². The van der Waals surface area contributed by atoms with Crippen molar-refractivity contribution in [1.82, 2.24) is 9.80 Å². The van der Waals surface area contributed by atoms with Crippen LogP contribution in [0.5, 0.6) is 5.75 Å². The van der Waals surface area contributed by atoms with Gasteiger partial charge in [-0.05, 0) is 32.0 Å². The molecule has 1 atom stereocenters. The Bertz CT molecular complexity index is 444. The molecule has 0 saturated heterocycles. The number of likely N-dealkylation sites (N-methyl/N-ethyl adjacent to an activating group) is 2. The monoisotopic (exact) mass is 264 g/mol. The molecule has 0 heterocycles. The average Bonchev–Trinajstić information content (AvgIpc) is 2.34. The molecule has 0 radical (unpaired) electrons. The Morgan fingerprint density at radius 3 is 2.47 bits per heavy atom. The number of hydrogen-bond acceptors (Lipinski definition) is 3. The number of rotatable bonds is 5. The molecule has 0 aliphatic heterocycles. The molecule has 1 unspecified atom stereocenters. The summed E-state index contributed by atoms with van der Waals surface area (Å²) in [5.74, 6) is 0.364. The van der Waals surface area contributed by atoms with Crippen LogP contribution >= 0.6 is 0 Å². The average molecular weight is 264 g/mol. The second-order valence-electron chi connectivity index (χ2n) is 5.09. The van der Waals surface area contributed by atoms with Gasteiger partial charge in [-0.25, -0.2) is 0 Å². The van der Waals surface area contributed by atoms with Crippen molar-refractivity contribution in [2.45, 2.75) is 26.8 Å². The Morgan fingerprint density at radius 2 is 2.00 bits per heavy atom. The Morgan fingerprint density at radius 1 is 1.37 bits per heavy atom. The van der Waals surface area contributed by atoms with E-state index in [1.807, 2.05) is 37.8 Å². The standard InChI is InChI=1S/C15H24N2O2/c1-6-17(10-15(19)16(4)5)12(3)13-8-7-11(2)9-14(13)18/h7-9,12,18H,6,10H2,1-5H3.